The Hall–Kier alpha value is -1.68. The predicted octanol–water partition coefficient (Wildman–Crippen LogP) is 1.02. The van der Waals surface area contributed by atoms with Crippen molar-refractivity contribution < 1.29 is 21.3 Å². The van der Waals surface area contributed by atoms with E-state index < -0.39 is 20.0 Å². The van der Waals surface area contributed by atoms with E-state index in [9.17, 15) is 16.8 Å². The summed E-state index contributed by atoms with van der Waals surface area (Å²) in [5.74, 6) is 0.487. The molecule has 0 atom stereocenters. The van der Waals surface area contributed by atoms with E-state index in [0.29, 0.717) is 5.76 Å². The first-order chi connectivity index (χ1) is 10.8. The zero-order valence-electron chi connectivity index (χ0n) is 12.5. The molecular weight excluding hydrogens is 340 g/mol. The van der Waals surface area contributed by atoms with Gasteiger partial charge in [0.2, 0.25) is 20.0 Å². The first-order valence-corrected chi connectivity index (χ1v) is 10.1. The fourth-order valence-corrected chi connectivity index (χ4v) is 3.75. The van der Waals surface area contributed by atoms with Gasteiger partial charge in [-0.05, 0) is 24.3 Å². The molecule has 0 fully saturated rings. The lowest BCUT2D eigenvalue weighted by Gasteiger charge is -2.19. The fourth-order valence-electron chi connectivity index (χ4n) is 1.93. The van der Waals surface area contributed by atoms with Gasteiger partial charge in [-0.2, -0.15) is 4.31 Å². The maximum atomic E-state index is 12.1. The summed E-state index contributed by atoms with van der Waals surface area (Å²) in [6.07, 6.45) is 2.52. The van der Waals surface area contributed by atoms with Crippen molar-refractivity contribution in [1.29, 1.82) is 0 Å². The minimum Gasteiger partial charge on any atom is -0.468 e. The Balaban J connectivity index is 1.99. The van der Waals surface area contributed by atoms with E-state index in [-0.39, 0.29) is 24.5 Å². The summed E-state index contributed by atoms with van der Waals surface area (Å²) in [5.41, 5.74) is 0. The third-order valence-electron chi connectivity index (χ3n) is 3.09. The number of furan rings is 1. The van der Waals surface area contributed by atoms with Crippen molar-refractivity contribution in [2.24, 2.45) is 0 Å². The minimum atomic E-state index is -3.66. The van der Waals surface area contributed by atoms with Crippen molar-refractivity contribution in [2.45, 2.75) is 11.4 Å². The van der Waals surface area contributed by atoms with Crippen molar-refractivity contribution >= 4 is 20.0 Å². The topological polar surface area (TPSA) is 96.7 Å². The van der Waals surface area contributed by atoms with Crippen molar-refractivity contribution in [2.75, 3.05) is 19.3 Å². The third kappa shape index (κ3) is 5.17. The van der Waals surface area contributed by atoms with E-state index in [4.69, 9.17) is 4.42 Å². The van der Waals surface area contributed by atoms with Gasteiger partial charge in [-0.15, -0.1) is 0 Å². The largest absolute Gasteiger partial charge is 0.468 e. The number of hydrogen-bond donors (Lipinski definition) is 1. The molecule has 0 saturated heterocycles. The van der Waals surface area contributed by atoms with E-state index in [1.807, 2.05) is 0 Å². The first kappa shape index (κ1) is 17.7. The molecule has 1 aromatic carbocycles. The average Bonchev–Trinajstić information content (AvgIpc) is 2.99. The highest BCUT2D eigenvalue weighted by Gasteiger charge is 2.20. The van der Waals surface area contributed by atoms with Crippen LogP contribution >= 0.6 is 0 Å². The molecule has 7 nitrogen and oxygen atoms in total. The molecule has 0 aliphatic carbocycles. The van der Waals surface area contributed by atoms with E-state index >= 15 is 0 Å². The zero-order chi connectivity index (χ0) is 16.9. The highest BCUT2D eigenvalue weighted by atomic mass is 32.2. The second-order valence-electron chi connectivity index (χ2n) is 4.89. The maximum Gasteiger partial charge on any atom is 0.240 e. The number of nitrogens with zero attached hydrogens (tertiary/aromatic N) is 1. The fraction of sp³-hybridized carbons (Fsp3) is 0.286. The van der Waals surface area contributed by atoms with Gasteiger partial charge in [-0.25, -0.2) is 21.6 Å². The lowest BCUT2D eigenvalue weighted by Crippen LogP contribution is -2.37. The second-order valence-corrected chi connectivity index (χ2v) is 8.64. The molecular formula is C14H18N2O5S2. The van der Waals surface area contributed by atoms with Gasteiger partial charge in [0.25, 0.3) is 0 Å². The van der Waals surface area contributed by atoms with Crippen LogP contribution in [0.1, 0.15) is 5.76 Å². The van der Waals surface area contributed by atoms with Crippen molar-refractivity contribution in [1.82, 2.24) is 9.03 Å². The normalized spacial score (nSPS) is 12.6. The van der Waals surface area contributed by atoms with Gasteiger partial charge in [-0.3, -0.25) is 0 Å². The SMILES string of the molecule is CS(=O)(=O)N(CCNS(=O)(=O)c1ccccc1)Cc1ccco1. The van der Waals surface area contributed by atoms with E-state index in [2.05, 4.69) is 4.72 Å². The molecule has 2 aromatic rings. The Morgan fingerprint density at radius 1 is 1.04 bits per heavy atom. The molecule has 0 bridgehead atoms. The maximum absolute atomic E-state index is 12.1. The van der Waals surface area contributed by atoms with Crippen molar-refractivity contribution in [3.63, 3.8) is 0 Å². The van der Waals surface area contributed by atoms with Gasteiger partial charge < -0.3 is 4.42 Å². The van der Waals surface area contributed by atoms with Crippen LogP contribution in [0.3, 0.4) is 0 Å². The van der Waals surface area contributed by atoms with Gasteiger partial charge >= 0.3 is 0 Å². The summed E-state index contributed by atoms with van der Waals surface area (Å²) >= 11 is 0. The van der Waals surface area contributed by atoms with Crippen LogP contribution in [0.4, 0.5) is 0 Å². The monoisotopic (exact) mass is 358 g/mol. The average molecular weight is 358 g/mol. The Labute approximate surface area is 136 Å². The smallest absolute Gasteiger partial charge is 0.240 e. The molecule has 0 unspecified atom stereocenters. The van der Waals surface area contributed by atoms with E-state index in [1.165, 1.54) is 18.4 Å². The molecule has 0 aliphatic rings. The number of nitrogens with one attached hydrogen (secondary N) is 1. The molecule has 0 radical (unpaired) electrons. The predicted molar refractivity (Wildman–Crippen MR) is 85.6 cm³/mol. The van der Waals surface area contributed by atoms with Crippen LogP contribution in [-0.2, 0) is 26.6 Å². The zero-order valence-corrected chi connectivity index (χ0v) is 14.2. The van der Waals surface area contributed by atoms with Crippen LogP contribution in [0.15, 0.2) is 58.0 Å². The van der Waals surface area contributed by atoms with Crippen molar-refractivity contribution in [3.05, 3.63) is 54.5 Å². The van der Waals surface area contributed by atoms with Gasteiger partial charge in [-0.1, -0.05) is 18.2 Å². The second kappa shape index (κ2) is 7.26. The van der Waals surface area contributed by atoms with Crippen LogP contribution in [0.25, 0.3) is 0 Å². The Kier molecular flexibility index (Phi) is 5.58. The van der Waals surface area contributed by atoms with Crippen LogP contribution in [0.5, 0.6) is 0 Å². The lowest BCUT2D eigenvalue weighted by molar-refractivity contribution is 0.368. The van der Waals surface area contributed by atoms with Gasteiger partial charge in [0, 0.05) is 13.1 Å². The summed E-state index contributed by atoms with van der Waals surface area (Å²) in [6, 6.07) is 11.2. The lowest BCUT2D eigenvalue weighted by atomic mass is 10.4. The highest BCUT2D eigenvalue weighted by molar-refractivity contribution is 7.89. The van der Waals surface area contributed by atoms with E-state index in [1.54, 1.807) is 30.3 Å². The van der Waals surface area contributed by atoms with Crippen molar-refractivity contribution in [3.8, 4) is 0 Å². The molecule has 126 valence electrons. The third-order valence-corrected chi connectivity index (χ3v) is 5.81. The summed E-state index contributed by atoms with van der Waals surface area (Å²) in [7, 11) is -7.14. The van der Waals surface area contributed by atoms with Crippen LogP contribution in [0.2, 0.25) is 0 Å². The van der Waals surface area contributed by atoms with Gasteiger partial charge in [0.15, 0.2) is 0 Å². The van der Waals surface area contributed by atoms with Gasteiger partial charge in [0.05, 0.1) is 24.0 Å². The summed E-state index contributed by atoms with van der Waals surface area (Å²) < 4.78 is 56.4. The minimum absolute atomic E-state index is 0.00555. The summed E-state index contributed by atoms with van der Waals surface area (Å²) in [4.78, 5) is 0.136. The molecule has 0 spiro atoms. The molecule has 1 N–H and O–H groups in total. The Morgan fingerprint density at radius 3 is 2.30 bits per heavy atom. The quantitative estimate of drug-likeness (QED) is 0.760. The molecule has 0 amide bonds. The van der Waals surface area contributed by atoms with Crippen LogP contribution in [-0.4, -0.2) is 40.5 Å². The Bertz CT molecular complexity index is 815. The molecule has 1 heterocycles. The summed E-state index contributed by atoms with van der Waals surface area (Å²) in [5, 5.41) is 0. The molecule has 0 aliphatic heterocycles. The summed E-state index contributed by atoms with van der Waals surface area (Å²) in [6.45, 7) is 0.0233. The molecule has 23 heavy (non-hydrogen) atoms. The van der Waals surface area contributed by atoms with Crippen LogP contribution in [0, 0.1) is 0 Å². The molecule has 0 saturated carbocycles. The number of benzene rings is 1. The Morgan fingerprint density at radius 2 is 1.74 bits per heavy atom. The first-order valence-electron chi connectivity index (χ1n) is 6.81. The van der Waals surface area contributed by atoms with Crippen LogP contribution < -0.4 is 4.72 Å². The molecule has 9 heteroatoms. The van der Waals surface area contributed by atoms with Gasteiger partial charge in [0.1, 0.15) is 5.76 Å². The number of rotatable bonds is 8. The highest BCUT2D eigenvalue weighted by Crippen LogP contribution is 2.10. The standard InChI is InChI=1S/C14H18N2O5S2/c1-22(17,18)16(12-13-6-5-11-21-13)10-9-15-23(19,20)14-7-3-2-4-8-14/h2-8,11,15H,9-10,12H2,1H3. The molecule has 2 rings (SSSR count). The number of hydrogen-bond acceptors (Lipinski definition) is 5. The number of sulfonamides is 2. The van der Waals surface area contributed by atoms with E-state index in [0.717, 1.165) is 10.6 Å². The molecule has 1 aromatic heterocycles.